The molecule has 1 amide bonds. The third kappa shape index (κ3) is 4.20. The summed E-state index contributed by atoms with van der Waals surface area (Å²) < 4.78 is 15.3. The van der Waals surface area contributed by atoms with Gasteiger partial charge in [0.15, 0.2) is 0 Å². The fraction of sp³-hybridized carbons (Fsp3) is 0.391. The van der Waals surface area contributed by atoms with Crippen molar-refractivity contribution < 1.29 is 9.18 Å². The molecule has 166 valence electrons. The second-order valence-electron chi connectivity index (χ2n) is 8.67. The summed E-state index contributed by atoms with van der Waals surface area (Å²) in [6, 6.07) is 5.09. The van der Waals surface area contributed by atoms with Crippen molar-refractivity contribution in [3.63, 3.8) is 0 Å². The second-order valence-corrected chi connectivity index (χ2v) is 8.67. The zero-order chi connectivity index (χ0) is 22.1. The fourth-order valence-electron chi connectivity index (χ4n) is 4.97. The summed E-state index contributed by atoms with van der Waals surface area (Å²) in [5, 5.41) is 2.83. The molecule has 1 fully saturated rings. The minimum absolute atomic E-state index is 0.182. The number of likely N-dealkylation sites (tertiary alicyclic amines) is 1. The number of aromatic amines is 1. The van der Waals surface area contributed by atoms with E-state index in [0.29, 0.717) is 32.0 Å². The van der Waals surface area contributed by atoms with Crippen LogP contribution in [0.4, 0.5) is 4.39 Å². The lowest BCUT2D eigenvalue weighted by atomic mass is 9.83. The van der Waals surface area contributed by atoms with Gasteiger partial charge in [0, 0.05) is 68.8 Å². The first-order chi connectivity index (χ1) is 15.6. The number of amides is 1. The second kappa shape index (κ2) is 8.66. The Morgan fingerprint density at radius 2 is 2.09 bits per heavy atom. The largest absolute Gasteiger partial charge is 0.351 e. The van der Waals surface area contributed by atoms with Gasteiger partial charge in [-0.15, -0.1) is 0 Å². The van der Waals surface area contributed by atoms with Crippen molar-refractivity contribution in [3.05, 3.63) is 81.8 Å². The number of halogens is 1. The van der Waals surface area contributed by atoms with Crippen molar-refractivity contribution in [2.24, 2.45) is 5.92 Å². The van der Waals surface area contributed by atoms with E-state index < -0.39 is 0 Å². The van der Waals surface area contributed by atoms with E-state index in [-0.39, 0.29) is 28.8 Å². The number of hydrogen-bond acceptors (Lipinski definition) is 5. The Balaban J connectivity index is 1.28. The first-order valence-electron chi connectivity index (χ1n) is 10.9. The molecule has 0 unspecified atom stereocenters. The third-order valence-electron chi connectivity index (χ3n) is 6.33. The summed E-state index contributed by atoms with van der Waals surface area (Å²) >= 11 is 0. The molecular formula is C23H25FN6O2. The highest BCUT2D eigenvalue weighted by molar-refractivity contribution is 5.93. The summed E-state index contributed by atoms with van der Waals surface area (Å²) in [7, 11) is 0. The van der Waals surface area contributed by atoms with Crippen LogP contribution in [-0.4, -0.2) is 50.0 Å². The number of pyridine rings is 2. The van der Waals surface area contributed by atoms with Gasteiger partial charge in [0.2, 0.25) is 0 Å². The average Bonchev–Trinajstić information content (AvgIpc) is 3.28. The third-order valence-corrected chi connectivity index (χ3v) is 6.33. The van der Waals surface area contributed by atoms with Crippen LogP contribution in [-0.2, 0) is 19.5 Å². The van der Waals surface area contributed by atoms with Crippen molar-refractivity contribution in [3.8, 4) is 0 Å². The van der Waals surface area contributed by atoms with E-state index in [1.54, 1.807) is 29.4 Å². The molecule has 0 radical (unpaired) electrons. The molecule has 2 aliphatic heterocycles. The number of nitrogens with zero attached hydrogens (tertiary/aromatic N) is 4. The average molecular weight is 436 g/mol. The lowest BCUT2D eigenvalue weighted by Crippen LogP contribution is -2.47. The number of nitrogens with one attached hydrogen (secondary N) is 2. The van der Waals surface area contributed by atoms with Gasteiger partial charge < -0.3 is 14.9 Å². The van der Waals surface area contributed by atoms with Gasteiger partial charge in [-0.25, -0.2) is 9.37 Å². The quantitative estimate of drug-likeness (QED) is 0.613. The number of piperidine rings is 1. The molecule has 0 aromatic carbocycles. The van der Waals surface area contributed by atoms with Crippen LogP contribution in [0.3, 0.4) is 0 Å². The molecule has 9 heteroatoms. The van der Waals surface area contributed by atoms with Crippen LogP contribution in [0.25, 0.3) is 0 Å². The van der Waals surface area contributed by atoms with Crippen molar-refractivity contribution in [1.82, 2.24) is 29.7 Å². The number of fused-ring (bicyclic) bond motifs is 4. The molecule has 2 aliphatic rings. The van der Waals surface area contributed by atoms with Crippen molar-refractivity contribution >= 4 is 5.91 Å². The molecule has 3 aromatic rings. The van der Waals surface area contributed by atoms with Gasteiger partial charge in [-0.3, -0.25) is 19.5 Å². The number of carbonyl (C=O) groups is 1. The molecule has 5 heterocycles. The van der Waals surface area contributed by atoms with Crippen LogP contribution in [0, 0.1) is 11.7 Å². The zero-order valence-corrected chi connectivity index (χ0v) is 17.6. The highest BCUT2D eigenvalue weighted by Gasteiger charge is 2.35. The van der Waals surface area contributed by atoms with Crippen LogP contribution in [0.2, 0.25) is 0 Å². The predicted octanol–water partition coefficient (Wildman–Crippen LogP) is 1.70. The molecule has 8 nitrogen and oxygen atoms in total. The van der Waals surface area contributed by atoms with E-state index in [1.807, 2.05) is 6.07 Å². The predicted molar refractivity (Wildman–Crippen MR) is 116 cm³/mol. The number of rotatable bonds is 6. The van der Waals surface area contributed by atoms with Gasteiger partial charge in [0.05, 0.1) is 12.5 Å². The molecule has 2 atom stereocenters. The lowest BCUT2D eigenvalue weighted by Gasteiger charge is -2.43. The number of imidazole rings is 1. The van der Waals surface area contributed by atoms with E-state index >= 15 is 0 Å². The highest BCUT2D eigenvalue weighted by Crippen LogP contribution is 2.35. The molecule has 3 aromatic heterocycles. The van der Waals surface area contributed by atoms with E-state index in [1.165, 1.54) is 12.3 Å². The van der Waals surface area contributed by atoms with Crippen LogP contribution >= 0.6 is 0 Å². The number of aromatic nitrogens is 4. The maximum atomic E-state index is 13.5. The normalized spacial score (nSPS) is 20.0. The van der Waals surface area contributed by atoms with Gasteiger partial charge in [-0.1, -0.05) is 0 Å². The SMILES string of the molecule is O=C(NCCc1cnc[nH]1)c1ccc2n(c1=O)C[C@H]1C[C@@H]2CN(Cc2cncc(F)c2)C1. The Kier molecular flexibility index (Phi) is 5.57. The van der Waals surface area contributed by atoms with Gasteiger partial charge in [-0.05, 0) is 36.1 Å². The molecule has 32 heavy (non-hydrogen) atoms. The zero-order valence-electron chi connectivity index (χ0n) is 17.6. The molecule has 1 saturated heterocycles. The van der Waals surface area contributed by atoms with Crippen LogP contribution in [0.5, 0.6) is 0 Å². The molecule has 0 aliphatic carbocycles. The smallest absolute Gasteiger partial charge is 0.263 e. The molecule has 2 N–H and O–H groups in total. The van der Waals surface area contributed by atoms with Gasteiger partial charge in [0.25, 0.3) is 11.5 Å². The topological polar surface area (TPSA) is 95.9 Å². The van der Waals surface area contributed by atoms with E-state index in [9.17, 15) is 14.0 Å². The molecule has 0 spiro atoms. The summed E-state index contributed by atoms with van der Waals surface area (Å²) in [6.07, 6.45) is 7.87. The fourth-order valence-corrected chi connectivity index (χ4v) is 4.97. The molecular weight excluding hydrogens is 411 g/mol. The lowest BCUT2D eigenvalue weighted by molar-refractivity contribution is 0.0947. The maximum Gasteiger partial charge on any atom is 0.263 e. The van der Waals surface area contributed by atoms with Gasteiger partial charge in [-0.2, -0.15) is 0 Å². The monoisotopic (exact) mass is 436 g/mol. The van der Waals surface area contributed by atoms with Crippen molar-refractivity contribution in [2.45, 2.75) is 31.8 Å². The van der Waals surface area contributed by atoms with Crippen LogP contribution in [0.15, 0.2) is 47.9 Å². The van der Waals surface area contributed by atoms with Crippen molar-refractivity contribution in [2.75, 3.05) is 19.6 Å². The minimum Gasteiger partial charge on any atom is -0.351 e. The Labute approximate surface area is 184 Å². The summed E-state index contributed by atoms with van der Waals surface area (Å²) in [5.41, 5.74) is 2.71. The van der Waals surface area contributed by atoms with Crippen LogP contribution in [0.1, 0.15) is 39.6 Å². The Hall–Kier alpha value is -3.33. The minimum atomic E-state index is -0.347. The Morgan fingerprint density at radius 1 is 1.19 bits per heavy atom. The number of hydrogen-bond donors (Lipinski definition) is 2. The number of carbonyl (C=O) groups excluding carboxylic acids is 1. The first kappa shape index (κ1) is 20.6. The van der Waals surface area contributed by atoms with Crippen molar-refractivity contribution in [1.29, 1.82) is 0 Å². The summed E-state index contributed by atoms with van der Waals surface area (Å²) in [6.45, 7) is 3.29. The van der Waals surface area contributed by atoms with Crippen LogP contribution < -0.4 is 10.9 Å². The highest BCUT2D eigenvalue weighted by atomic mass is 19.1. The van der Waals surface area contributed by atoms with Gasteiger partial charge >= 0.3 is 0 Å². The van der Waals surface area contributed by atoms with E-state index in [4.69, 9.17) is 0 Å². The molecule has 0 saturated carbocycles. The number of H-pyrrole nitrogens is 1. The molecule has 5 rings (SSSR count). The van der Waals surface area contributed by atoms with Gasteiger partial charge in [0.1, 0.15) is 11.4 Å². The molecule has 2 bridgehead atoms. The standard InChI is InChI=1S/C23H25FN6O2/c24-18-6-15(7-25-8-18)10-29-11-16-5-17(13-29)21-2-1-20(23(32)30(21)12-16)22(31)27-4-3-19-9-26-14-28-19/h1-2,6-9,14,16-17H,3-5,10-13H2,(H,26,28)(H,27,31)/t16-,17+/m0/s1. The Morgan fingerprint density at radius 3 is 2.91 bits per heavy atom. The Bertz CT molecular complexity index is 1180. The first-order valence-corrected chi connectivity index (χ1v) is 10.9. The summed E-state index contributed by atoms with van der Waals surface area (Å²) in [4.78, 5) is 38.9. The summed E-state index contributed by atoms with van der Waals surface area (Å²) in [5.74, 6) is -0.138. The van der Waals surface area contributed by atoms with E-state index in [2.05, 4.69) is 25.2 Å². The van der Waals surface area contributed by atoms with E-state index in [0.717, 1.165) is 36.5 Å². The maximum absolute atomic E-state index is 13.5.